The van der Waals surface area contributed by atoms with Gasteiger partial charge in [-0.25, -0.2) is 14.4 Å². The molecule has 2 aromatic rings. The summed E-state index contributed by atoms with van der Waals surface area (Å²) in [4.78, 5) is 48.0. The first kappa shape index (κ1) is 20.9. The predicted octanol–water partition coefficient (Wildman–Crippen LogP) is 2.28. The Balaban J connectivity index is 1.81. The highest BCUT2D eigenvalue weighted by Crippen LogP contribution is 2.27. The third-order valence-corrected chi connectivity index (χ3v) is 4.18. The van der Waals surface area contributed by atoms with Gasteiger partial charge in [0.1, 0.15) is 17.2 Å². The van der Waals surface area contributed by atoms with E-state index in [9.17, 15) is 19.2 Å². The number of esters is 1. The molecule has 0 aliphatic carbocycles. The van der Waals surface area contributed by atoms with Gasteiger partial charge in [0, 0.05) is 10.6 Å². The number of hydrogen-bond donors (Lipinski definition) is 2. The Morgan fingerprint density at radius 2 is 2.03 bits per heavy atom. The highest BCUT2D eigenvalue weighted by Gasteiger charge is 2.34. The molecule has 11 heteroatoms. The lowest BCUT2D eigenvalue weighted by atomic mass is 10.1. The molecular formula is C19H15ClN2O8. The van der Waals surface area contributed by atoms with Gasteiger partial charge in [-0.1, -0.05) is 11.6 Å². The van der Waals surface area contributed by atoms with Crippen LogP contribution < -0.4 is 10.1 Å². The maximum absolute atomic E-state index is 12.7. The second-order valence-corrected chi connectivity index (χ2v) is 6.44. The van der Waals surface area contributed by atoms with E-state index in [0.717, 1.165) is 4.90 Å². The second-order valence-electron chi connectivity index (χ2n) is 6.00. The van der Waals surface area contributed by atoms with Crippen molar-refractivity contribution in [1.82, 2.24) is 10.2 Å². The van der Waals surface area contributed by atoms with Gasteiger partial charge in [0.15, 0.2) is 6.61 Å². The van der Waals surface area contributed by atoms with Crippen LogP contribution >= 0.6 is 11.6 Å². The summed E-state index contributed by atoms with van der Waals surface area (Å²) < 4.78 is 15.0. The van der Waals surface area contributed by atoms with E-state index in [1.165, 1.54) is 43.5 Å². The molecule has 0 radical (unpaired) electrons. The summed E-state index contributed by atoms with van der Waals surface area (Å²) in [6.07, 6.45) is 1.32. The van der Waals surface area contributed by atoms with Crippen LogP contribution in [-0.2, 0) is 20.9 Å². The van der Waals surface area contributed by atoms with E-state index in [2.05, 4.69) is 10.1 Å². The van der Waals surface area contributed by atoms with Gasteiger partial charge in [-0.15, -0.1) is 0 Å². The Morgan fingerprint density at radius 3 is 2.73 bits per heavy atom. The van der Waals surface area contributed by atoms with Crippen molar-refractivity contribution in [2.24, 2.45) is 0 Å². The minimum Gasteiger partial charge on any atom is -0.481 e. The fourth-order valence-electron chi connectivity index (χ4n) is 2.60. The molecular weight excluding hydrogens is 420 g/mol. The number of amides is 3. The molecule has 0 bridgehead atoms. The van der Waals surface area contributed by atoms with Crippen LogP contribution in [0.5, 0.6) is 5.75 Å². The molecule has 0 spiro atoms. The van der Waals surface area contributed by atoms with Crippen LogP contribution in [0.15, 0.2) is 40.4 Å². The number of nitrogens with zero attached hydrogens (tertiary/aromatic N) is 1. The predicted molar refractivity (Wildman–Crippen MR) is 102 cm³/mol. The Kier molecular flexibility index (Phi) is 6.07. The maximum Gasteiger partial charge on any atom is 0.373 e. The van der Waals surface area contributed by atoms with Gasteiger partial charge in [0.25, 0.3) is 5.91 Å². The van der Waals surface area contributed by atoms with Crippen LogP contribution in [0.4, 0.5) is 4.79 Å². The Labute approximate surface area is 174 Å². The number of benzene rings is 1. The molecule has 3 rings (SSSR count). The quantitative estimate of drug-likeness (QED) is 0.385. The first-order valence-corrected chi connectivity index (χ1v) is 8.82. The first-order chi connectivity index (χ1) is 14.3. The minimum absolute atomic E-state index is 0.0607. The molecule has 3 amide bonds. The number of halogens is 1. The molecule has 1 fully saturated rings. The van der Waals surface area contributed by atoms with E-state index in [1.807, 2.05) is 0 Å². The number of carboxylic acids is 1. The zero-order chi connectivity index (χ0) is 21.8. The number of aliphatic carboxylic acids is 1. The first-order valence-electron chi connectivity index (χ1n) is 8.44. The molecule has 156 valence electrons. The smallest absolute Gasteiger partial charge is 0.373 e. The summed E-state index contributed by atoms with van der Waals surface area (Å²) in [5.74, 6) is -2.20. The number of hydrogen-bond acceptors (Lipinski definition) is 7. The largest absolute Gasteiger partial charge is 0.481 e. The van der Waals surface area contributed by atoms with Crippen molar-refractivity contribution >= 4 is 41.6 Å². The topological polar surface area (TPSA) is 135 Å². The molecule has 10 nitrogen and oxygen atoms in total. The molecule has 1 aliphatic heterocycles. The van der Waals surface area contributed by atoms with Crippen molar-refractivity contribution in [2.45, 2.75) is 6.54 Å². The van der Waals surface area contributed by atoms with Gasteiger partial charge in [-0.2, -0.15) is 0 Å². The number of nitrogens with one attached hydrogen (secondary N) is 1. The number of rotatable bonds is 7. The Morgan fingerprint density at radius 1 is 1.27 bits per heavy atom. The standard InChI is InChI=1S/C19H15ClN2O8/c1-28-18(26)15-5-3-12(30-15)8-22-17(25)13(21-19(22)27)7-10-6-11(20)2-4-14(10)29-9-16(23)24/h2-7H,8-9H2,1H3,(H,21,27)(H,23,24)/b13-7-. The highest BCUT2D eigenvalue weighted by atomic mass is 35.5. The summed E-state index contributed by atoms with van der Waals surface area (Å²) in [6.45, 7) is -0.803. The van der Waals surface area contributed by atoms with Crippen LogP contribution in [0.2, 0.25) is 5.02 Å². The maximum atomic E-state index is 12.7. The van der Waals surface area contributed by atoms with E-state index in [0.29, 0.717) is 10.6 Å². The van der Waals surface area contributed by atoms with Crippen molar-refractivity contribution in [2.75, 3.05) is 13.7 Å². The number of carboxylic acid groups (broad SMARTS) is 1. The molecule has 0 unspecified atom stereocenters. The van der Waals surface area contributed by atoms with E-state index in [4.69, 9.17) is 25.9 Å². The summed E-state index contributed by atoms with van der Waals surface area (Å²) >= 11 is 5.97. The van der Waals surface area contributed by atoms with Crippen molar-refractivity contribution in [3.05, 3.63) is 58.1 Å². The van der Waals surface area contributed by atoms with E-state index >= 15 is 0 Å². The van der Waals surface area contributed by atoms with E-state index < -0.39 is 30.5 Å². The minimum atomic E-state index is -1.18. The van der Waals surface area contributed by atoms with Crippen LogP contribution in [0.1, 0.15) is 21.9 Å². The lowest BCUT2D eigenvalue weighted by Gasteiger charge is -2.09. The number of urea groups is 1. The lowest BCUT2D eigenvalue weighted by molar-refractivity contribution is -0.139. The number of imide groups is 1. The van der Waals surface area contributed by atoms with Crippen LogP contribution in [-0.4, -0.2) is 47.6 Å². The van der Waals surface area contributed by atoms with Gasteiger partial charge in [-0.3, -0.25) is 9.69 Å². The number of carbonyl (C=O) groups excluding carboxylic acids is 3. The molecule has 1 aromatic carbocycles. The van der Waals surface area contributed by atoms with Crippen LogP contribution in [0, 0.1) is 0 Å². The molecule has 0 saturated carbocycles. The van der Waals surface area contributed by atoms with Crippen LogP contribution in [0.3, 0.4) is 0 Å². The molecule has 30 heavy (non-hydrogen) atoms. The van der Waals surface area contributed by atoms with Gasteiger partial charge in [-0.05, 0) is 36.4 Å². The molecule has 1 aromatic heterocycles. The zero-order valence-corrected chi connectivity index (χ0v) is 16.3. The third kappa shape index (κ3) is 4.61. The van der Waals surface area contributed by atoms with Gasteiger partial charge >= 0.3 is 18.0 Å². The van der Waals surface area contributed by atoms with E-state index in [1.54, 1.807) is 0 Å². The van der Waals surface area contributed by atoms with E-state index in [-0.39, 0.29) is 29.5 Å². The van der Waals surface area contributed by atoms with Crippen molar-refractivity contribution in [3.8, 4) is 5.75 Å². The number of methoxy groups -OCH3 is 1. The van der Waals surface area contributed by atoms with Crippen molar-refractivity contribution < 1.29 is 38.2 Å². The summed E-state index contributed by atoms with van der Waals surface area (Å²) in [7, 11) is 1.20. The fourth-order valence-corrected chi connectivity index (χ4v) is 2.78. The Bertz CT molecular complexity index is 1060. The number of furan rings is 1. The van der Waals surface area contributed by atoms with Gasteiger partial charge in [0.2, 0.25) is 5.76 Å². The average molecular weight is 435 g/mol. The molecule has 1 saturated heterocycles. The number of carbonyl (C=O) groups is 4. The summed E-state index contributed by atoms with van der Waals surface area (Å²) in [6, 6.07) is 6.53. The number of ether oxygens (including phenoxy) is 2. The zero-order valence-electron chi connectivity index (χ0n) is 15.5. The summed E-state index contributed by atoms with van der Waals surface area (Å²) in [5.41, 5.74) is 0.238. The third-order valence-electron chi connectivity index (χ3n) is 3.95. The highest BCUT2D eigenvalue weighted by molar-refractivity contribution is 6.30. The van der Waals surface area contributed by atoms with Crippen LogP contribution in [0.25, 0.3) is 6.08 Å². The fraction of sp³-hybridized carbons (Fsp3) is 0.158. The molecule has 2 heterocycles. The monoisotopic (exact) mass is 434 g/mol. The Hall–Kier alpha value is -3.79. The second kappa shape index (κ2) is 8.70. The molecule has 2 N–H and O–H groups in total. The molecule has 0 atom stereocenters. The molecule has 1 aliphatic rings. The lowest BCUT2D eigenvalue weighted by Crippen LogP contribution is -2.30. The van der Waals surface area contributed by atoms with Crippen molar-refractivity contribution in [3.63, 3.8) is 0 Å². The van der Waals surface area contributed by atoms with Crippen molar-refractivity contribution in [1.29, 1.82) is 0 Å². The average Bonchev–Trinajstić information content (AvgIpc) is 3.27. The SMILES string of the molecule is COC(=O)c1ccc(CN2C(=O)N/C(=C\c3cc(Cl)ccc3OCC(=O)O)C2=O)o1. The van der Waals surface area contributed by atoms with Gasteiger partial charge in [0.05, 0.1) is 13.7 Å². The van der Waals surface area contributed by atoms with Gasteiger partial charge < -0.3 is 24.3 Å². The summed E-state index contributed by atoms with van der Waals surface area (Å²) in [5, 5.41) is 11.5. The normalized spacial score (nSPS) is 14.7.